The molecule has 2 aliphatic rings. The quantitative estimate of drug-likeness (QED) is 0.908. The van der Waals surface area contributed by atoms with E-state index in [1.165, 1.54) is 38.6 Å². The third-order valence-corrected chi connectivity index (χ3v) is 5.39. The lowest BCUT2D eigenvalue weighted by Gasteiger charge is -2.34. The van der Waals surface area contributed by atoms with Crippen LogP contribution >= 0.6 is 0 Å². The second-order valence-electron chi connectivity index (χ2n) is 7.16. The molecule has 0 spiro atoms. The minimum absolute atomic E-state index is 0.189. The SMILES string of the molecule is O=C(NCc1cccnc1)C1CCN(CC2CCCCC2)CC1. The average molecular weight is 315 g/mol. The number of pyridine rings is 1. The van der Waals surface area contributed by atoms with E-state index >= 15 is 0 Å². The summed E-state index contributed by atoms with van der Waals surface area (Å²) in [6.45, 7) is 4.02. The van der Waals surface area contributed by atoms with Gasteiger partial charge in [-0.05, 0) is 56.3 Å². The van der Waals surface area contributed by atoms with Gasteiger partial charge in [0.05, 0.1) is 0 Å². The number of piperidine rings is 1. The first kappa shape index (κ1) is 16.4. The number of carbonyl (C=O) groups is 1. The molecule has 1 amide bonds. The van der Waals surface area contributed by atoms with E-state index in [0.717, 1.165) is 37.4 Å². The lowest BCUT2D eigenvalue weighted by atomic mass is 9.88. The first-order valence-corrected chi connectivity index (χ1v) is 9.20. The number of likely N-dealkylation sites (tertiary alicyclic amines) is 1. The molecule has 1 aliphatic heterocycles. The van der Waals surface area contributed by atoms with Gasteiger partial charge in [-0.15, -0.1) is 0 Å². The number of nitrogens with one attached hydrogen (secondary N) is 1. The van der Waals surface area contributed by atoms with Crippen molar-refractivity contribution in [2.24, 2.45) is 11.8 Å². The molecule has 0 unspecified atom stereocenters. The highest BCUT2D eigenvalue weighted by Crippen LogP contribution is 2.26. The predicted octanol–water partition coefficient (Wildman–Crippen LogP) is 2.99. The van der Waals surface area contributed by atoms with E-state index in [-0.39, 0.29) is 11.8 Å². The fourth-order valence-corrected chi connectivity index (χ4v) is 3.95. The lowest BCUT2D eigenvalue weighted by molar-refractivity contribution is -0.126. The van der Waals surface area contributed by atoms with Crippen LogP contribution in [0.15, 0.2) is 24.5 Å². The maximum absolute atomic E-state index is 12.3. The highest BCUT2D eigenvalue weighted by Gasteiger charge is 2.26. The van der Waals surface area contributed by atoms with Crippen LogP contribution in [0.5, 0.6) is 0 Å². The highest BCUT2D eigenvalue weighted by atomic mass is 16.1. The Kier molecular flexibility index (Phi) is 6.03. The molecule has 4 heteroatoms. The number of rotatable bonds is 5. The van der Waals surface area contributed by atoms with Crippen LogP contribution in [-0.4, -0.2) is 35.4 Å². The van der Waals surface area contributed by atoms with Crippen LogP contribution in [0.25, 0.3) is 0 Å². The molecule has 1 aliphatic carbocycles. The maximum atomic E-state index is 12.3. The van der Waals surface area contributed by atoms with Crippen molar-refractivity contribution in [3.05, 3.63) is 30.1 Å². The topological polar surface area (TPSA) is 45.2 Å². The predicted molar refractivity (Wildman–Crippen MR) is 91.8 cm³/mol. The molecular formula is C19H29N3O. The van der Waals surface area contributed by atoms with Crippen LogP contribution in [0.3, 0.4) is 0 Å². The minimum atomic E-state index is 0.189. The lowest BCUT2D eigenvalue weighted by Crippen LogP contribution is -2.42. The first-order valence-electron chi connectivity index (χ1n) is 9.20. The van der Waals surface area contributed by atoms with Gasteiger partial charge >= 0.3 is 0 Å². The third kappa shape index (κ3) is 5.03. The van der Waals surface area contributed by atoms with Gasteiger partial charge < -0.3 is 10.2 Å². The molecule has 0 radical (unpaired) electrons. The molecular weight excluding hydrogens is 286 g/mol. The fraction of sp³-hybridized carbons (Fsp3) is 0.684. The summed E-state index contributed by atoms with van der Waals surface area (Å²) in [5.74, 6) is 1.31. The summed E-state index contributed by atoms with van der Waals surface area (Å²) in [5, 5.41) is 3.07. The number of hydrogen-bond acceptors (Lipinski definition) is 3. The van der Waals surface area contributed by atoms with E-state index in [1.807, 2.05) is 18.3 Å². The molecule has 1 saturated carbocycles. The van der Waals surface area contributed by atoms with E-state index in [9.17, 15) is 4.79 Å². The number of carbonyl (C=O) groups excluding carboxylic acids is 1. The molecule has 1 N–H and O–H groups in total. The van der Waals surface area contributed by atoms with Gasteiger partial charge in [0.15, 0.2) is 0 Å². The van der Waals surface area contributed by atoms with Gasteiger partial charge in [-0.25, -0.2) is 0 Å². The Hall–Kier alpha value is -1.42. The van der Waals surface area contributed by atoms with Gasteiger partial charge in [-0.3, -0.25) is 9.78 Å². The smallest absolute Gasteiger partial charge is 0.223 e. The Bertz CT molecular complexity index is 477. The first-order chi connectivity index (χ1) is 11.3. The molecule has 1 aromatic heterocycles. The standard InChI is InChI=1S/C19H29N3O/c23-19(21-14-17-7-4-10-20-13-17)18-8-11-22(12-9-18)15-16-5-2-1-3-6-16/h4,7,10,13,16,18H,1-3,5-6,8-9,11-12,14-15H2,(H,21,23). The van der Waals surface area contributed by atoms with Crippen LogP contribution < -0.4 is 5.32 Å². The number of amides is 1. The Morgan fingerprint density at radius 3 is 2.65 bits per heavy atom. The number of aromatic nitrogens is 1. The van der Waals surface area contributed by atoms with E-state index < -0.39 is 0 Å². The van der Waals surface area contributed by atoms with Gasteiger partial charge in [0, 0.05) is 31.4 Å². The highest BCUT2D eigenvalue weighted by molar-refractivity contribution is 5.78. The van der Waals surface area contributed by atoms with E-state index in [0.29, 0.717) is 6.54 Å². The molecule has 0 bridgehead atoms. The number of nitrogens with zero attached hydrogens (tertiary/aromatic N) is 2. The van der Waals surface area contributed by atoms with E-state index in [4.69, 9.17) is 0 Å². The molecule has 4 nitrogen and oxygen atoms in total. The third-order valence-electron chi connectivity index (χ3n) is 5.39. The molecule has 23 heavy (non-hydrogen) atoms. The molecule has 1 aromatic rings. The van der Waals surface area contributed by atoms with Crippen molar-refractivity contribution in [2.45, 2.75) is 51.5 Å². The summed E-state index contributed by atoms with van der Waals surface area (Å²) < 4.78 is 0. The number of hydrogen-bond donors (Lipinski definition) is 1. The van der Waals surface area contributed by atoms with Crippen LogP contribution in [0.1, 0.15) is 50.5 Å². The Balaban J connectivity index is 1.37. The maximum Gasteiger partial charge on any atom is 0.223 e. The Morgan fingerprint density at radius 2 is 1.96 bits per heavy atom. The molecule has 3 rings (SSSR count). The fourth-order valence-electron chi connectivity index (χ4n) is 3.95. The van der Waals surface area contributed by atoms with Crippen molar-refractivity contribution in [3.63, 3.8) is 0 Å². The average Bonchev–Trinajstić information content (AvgIpc) is 2.62. The van der Waals surface area contributed by atoms with E-state index in [1.54, 1.807) is 6.20 Å². The molecule has 0 atom stereocenters. The van der Waals surface area contributed by atoms with Gasteiger partial charge in [-0.1, -0.05) is 25.3 Å². The molecule has 2 heterocycles. The van der Waals surface area contributed by atoms with Crippen molar-refractivity contribution >= 4 is 5.91 Å². The normalized spacial score (nSPS) is 21.2. The zero-order valence-corrected chi connectivity index (χ0v) is 14.0. The van der Waals surface area contributed by atoms with Crippen LogP contribution in [0.2, 0.25) is 0 Å². The zero-order chi connectivity index (χ0) is 15.9. The van der Waals surface area contributed by atoms with Gasteiger partial charge in [0.25, 0.3) is 0 Å². The minimum Gasteiger partial charge on any atom is -0.352 e. The molecule has 126 valence electrons. The van der Waals surface area contributed by atoms with Crippen molar-refractivity contribution in [3.8, 4) is 0 Å². The molecule has 2 fully saturated rings. The second kappa shape index (κ2) is 8.44. The van der Waals surface area contributed by atoms with Crippen molar-refractivity contribution in [1.82, 2.24) is 15.2 Å². The van der Waals surface area contributed by atoms with Crippen LogP contribution in [0, 0.1) is 11.8 Å². The van der Waals surface area contributed by atoms with Crippen molar-refractivity contribution < 1.29 is 4.79 Å². The summed E-state index contributed by atoms with van der Waals surface area (Å²) in [7, 11) is 0. The summed E-state index contributed by atoms with van der Waals surface area (Å²) >= 11 is 0. The van der Waals surface area contributed by atoms with E-state index in [2.05, 4.69) is 15.2 Å². The van der Waals surface area contributed by atoms with Gasteiger partial charge in [-0.2, -0.15) is 0 Å². The van der Waals surface area contributed by atoms with Crippen molar-refractivity contribution in [2.75, 3.05) is 19.6 Å². The molecule has 0 aromatic carbocycles. The summed E-state index contributed by atoms with van der Waals surface area (Å²) in [6, 6.07) is 3.91. The Labute approximate surface area is 139 Å². The van der Waals surface area contributed by atoms with Gasteiger partial charge in [0.2, 0.25) is 5.91 Å². The van der Waals surface area contributed by atoms with Crippen LogP contribution in [-0.2, 0) is 11.3 Å². The van der Waals surface area contributed by atoms with Crippen molar-refractivity contribution in [1.29, 1.82) is 0 Å². The van der Waals surface area contributed by atoms with Crippen LogP contribution in [0.4, 0.5) is 0 Å². The Morgan fingerprint density at radius 1 is 1.17 bits per heavy atom. The monoisotopic (exact) mass is 315 g/mol. The second-order valence-corrected chi connectivity index (χ2v) is 7.16. The largest absolute Gasteiger partial charge is 0.352 e. The summed E-state index contributed by atoms with van der Waals surface area (Å²) in [5.41, 5.74) is 1.07. The molecule has 1 saturated heterocycles. The zero-order valence-electron chi connectivity index (χ0n) is 14.0. The summed E-state index contributed by atoms with van der Waals surface area (Å²) in [6.07, 6.45) is 12.7. The van der Waals surface area contributed by atoms with Gasteiger partial charge in [0.1, 0.15) is 0 Å². The summed E-state index contributed by atoms with van der Waals surface area (Å²) in [4.78, 5) is 19.0.